The summed E-state index contributed by atoms with van der Waals surface area (Å²) in [6, 6.07) is 10.7. The van der Waals surface area contributed by atoms with Crippen molar-refractivity contribution in [3.63, 3.8) is 0 Å². The number of benzene rings is 1. The van der Waals surface area contributed by atoms with Gasteiger partial charge in [-0.15, -0.1) is 23.7 Å². The number of carbonyl (C=O) groups excluding carboxylic acids is 2. The third kappa shape index (κ3) is 5.00. The standard InChI is InChI=1S/C22H27N3O2S.ClH/c1-13(2)14-3-5-15(6-4-14)20(26)25-22-19(9-10-28-22)21(27)24-18-11-16-7-8-17(12-18)23-16;/h3-6,9-10,13,16-18,23H,7-8,11-12H2,1-2H3,(H,24,27)(H,25,26);1H. The summed E-state index contributed by atoms with van der Waals surface area (Å²) in [5.41, 5.74) is 2.34. The molecule has 2 bridgehead atoms. The zero-order chi connectivity index (χ0) is 19.7. The molecule has 5 nitrogen and oxygen atoms in total. The van der Waals surface area contributed by atoms with Gasteiger partial charge in [-0.2, -0.15) is 0 Å². The van der Waals surface area contributed by atoms with E-state index in [4.69, 9.17) is 0 Å². The second-order valence-corrected chi connectivity index (χ2v) is 9.09. The molecule has 156 valence electrons. The third-order valence-corrected chi connectivity index (χ3v) is 6.61. The maximum Gasteiger partial charge on any atom is 0.256 e. The fraction of sp³-hybridized carbons (Fsp3) is 0.455. The number of nitrogens with one attached hydrogen (secondary N) is 3. The molecule has 2 atom stereocenters. The van der Waals surface area contributed by atoms with Crippen molar-refractivity contribution in [3.8, 4) is 0 Å². The molecule has 29 heavy (non-hydrogen) atoms. The molecule has 2 aliphatic rings. The first-order valence-electron chi connectivity index (χ1n) is 10.1. The highest BCUT2D eigenvalue weighted by atomic mass is 35.5. The second kappa shape index (κ2) is 9.28. The first-order chi connectivity index (χ1) is 13.5. The van der Waals surface area contributed by atoms with Gasteiger partial charge < -0.3 is 16.0 Å². The van der Waals surface area contributed by atoms with E-state index in [1.54, 1.807) is 6.07 Å². The van der Waals surface area contributed by atoms with Crippen molar-refractivity contribution in [1.29, 1.82) is 0 Å². The van der Waals surface area contributed by atoms with Gasteiger partial charge in [0.15, 0.2) is 0 Å². The molecule has 3 heterocycles. The van der Waals surface area contributed by atoms with E-state index in [1.165, 1.54) is 29.7 Å². The lowest BCUT2D eigenvalue weighted by molar-refractivity contribution is 0.0925. The minimum atomic E-state index is -0.188. The van der Waals surface area contributed by atoms with E-state index >= 15 is 0 Å². The number of amides is 2. The smallest absolute Gasteiger partial charge is 0.256 e. The van der Waals surface area contributed by atoms with Gasteiger partial charge in [0.2, 0.25) is 0 Å². The molecule has 0 radical (unpaired) electrons. The number of carbonyl (C=O) groups is 2. The number of hydrogen-bond donors (Lipinski definition) is 3. The van der Waals surface area contributed by atoms with E-state index < -0.39 is 0 Å². The van der Waals surface area contributed by atoms with E-state index in [0.717, 1.165) is 12.8 Å². The number of fused-ring (bicyclic) bond motifs is 2. The van der Waals surface area contributed by atoms with Gasteiger partial charge in [0.05, 0.1) is 5.56 Å². The lowest BCUT2D eigenvalue weighted by atomic mass is 9.99. The lowest BCUT2D eigenvalue weighted by Crippen LogP contribution is -2.48. The minimum absolute atomic E-state index is 0. The summed E-state index contributed by atoms with van der Waals surface area (Å²) in [6.45, 7) is 4.25. The minimum Gasteiger partial charge on any atom is -0.349 e. The lowest BCUT2D eigenvalue weighted by Gasteiger charge is -2.29. The number of hydrogen-bond acceptors (Lipinski definition) is 4. The Morgan fingerprint density at radius 1 is 1.03 bits per heavy atom. The molecule has 7 heteroatoms. The van der Waals surface area contributed by atoms with Crippen molar-refractivity contribution in [1.82, 2.24) is 10.6 Å². The van der Waals surface area contributed by atoms with Crippen LogP contribution in [0.15, 0.2) is 35.7 Å². The summed E-state index contributed by atoms with van der Waals surface area (Å²) < 4.78 is 0. The van der Waals surface area contributed by atoms with Crippen LogP contribution in [-0.4, -0.2) is 29.9 Å². The molecule has 2 aromatic rings. The van der Waals surface area contributed by atoms with Crippen LogP contribution in [0.4, 0.5) is 5.00 Å². The molecular formula is C22H28ClN3O2S. The maximum absolute atomic E-state index is 12.8. The van der Waals surface area contributed by atoms with Gasteiger partial charge >= 0.3 is 0 Å². The van der Waals surface area contributed by atoms with Crippen LogP contribution < -0.4 is 16.0 Å². The van der Waals surface area contributed by atoms with E-state index in [2.05, 4.69) is 29.8 Å². The van der Waals surface area contributed by atoms with Gasteiger partial charge in [-0.3, -0.25) is 9.59 Å². The summed E-state index contributed by atoms with van der Waals surface area (Å²) in [5, 5.41) is 12.1. The Morgan fingerprint density at radius 3 is 2.31 bits per heavy atom. The topological polar surface area (TPSA) is 70.2 Å². The Morgan fingerprint density at radius 2 is 1.69 bits per heavy atom. The van der Waals surface area contributed by atoms with Crippen LogP contribution in [0.25, 0.3) is 0 Å². The monoisotopic (exact) mass is 433 g/mol. The number of rotatable bonds is 5. The van der Waals surface area contributed by atoms with Crippen LogP contribution in [-0.2, 0) is 0 Å². The van der Waals surface area contributed by atoms with Crippen molar-refractivity contribution >= 4 is 40.6 Å². The van der Waals surface area contributed by atoms with Crippen molar-refractivity contribution in [2.24, 2.45) is 0 Å². The van der Waals surface area contributed by atoms with Crippen LogP contribution >= 0.6 is 23.7 Å². The van der Waals surface area contributed by atoms with Crippen LogP contribution in [0.5, 0.6) is 0 Å². The second-order valence-electron chi connectivity index (χ2n) is 8.17. The van der Waals surface area contributed by atoms with Crippen LogP contribution in [0.2, 0.25) is 0 Å². The van der Waals surface area contributed by atoms with Gasteiger partial charge in [-0.25, -0.2) is 0 Å². The number of thiophene rings is 1. The Bertz CT molecular complexity index is 853. The van der Waals surface area contributed by atoms with Gasteiger partial charge in [0.1, 0.15) is 5.00 Å². The predicted molar refractivity (Wildman–Crippen MR) is 120 cm³/mol. The van der Waals surface area contributed by atoms with E-state index in [0.29, 0.717) is 34.1 Å². The maximum atomic E-state index is 12.8. The van der Waals surface area contributed by atoms with Crippen molar-refractivity contribution in [2.45, 2.75) is 63.6 Å². The Kier molecular flexibility index (Phi) is 6.98. The first kappa shape index (κ1) is 21.8. The summed E-state index contributed by atoms with van der Waals surface area (Å²) in [5.74, 6) is 0.139. The average molecular weight is 434 g/mol. The number of piperidine rings is 1. The quantitative estimate of drug-likeness (QED) is 0.647. The van der Waals surface area contributed by atoms with Gasteiger partial charge in [0, 0.05) is 23.7 Å². The number of halogens is 1. The van der Waals surface area contributed by atoms with E-state index in [-0.39, 0.29) is 30.3 Å². The first-order valence-corrected chi connectivity index (χ1v) is 10.9. The molecule has 2 saturated heterocycles. The Hall–Kier alpha value is -1.89. The van der Waals surface area contributed by atoms with Crippen LogP contribution in [0.1, 0.15) is 71.7 Å². The Balaban J connectivity index is 0.00000240. The molecule has 1 aromatic carbocycles. The number of anilines is 1. The average Bonchev–Trinajstić information content (AvgIpc) is 3.27. The Labute approximate surface area is 182 Å². The molecule has 2 unspecified atom stereocenters. The molecule has 0 spiro atoms. The van der Waals surface area contributed by atoms with E-state index in [9.17, 15) is 9.59 Å². The molecule has 0 aliphatic carbocycles. The fourth-order valence-corrected chi connectivity index (χ4v) is 5.00. The SMILES string of the molecule is CC(C)c1ccc(C(=O)Nc2sccc2C(=O)NC2CC3CCC(C2)N3)cc1.Cl. The molecule has 2 amide bonds. The molecule has 2 aliphatic heterocycles. The summed E-state index contributed by atoms with van der Waals surface area (Å²) in [6.07, 6.45) is 4.37. The highest BCUT2D eigenvalue weighted by Crippen LogP contribution is 2.28. The van der Waals surface area contributed by atoms with Crippen molar-refractivity contribution < 1.29 is 9.59 Å². The molecule has 0 saturated carbocycles. The molecule has 4 rings (SSSR count). The largest absolute Gasteiger partial charge is 0.349 e. The third-order valence-electron chi connectivity index (χ3n) is 5.78. The zero-order valence-electron chi connectivity index (χ0n) is 16.7. The normalized spacial score (nSPS) is 22.8. The van der Waals surface area contributed by atoms with Gasteiger partial charge in [0.25, 0.3) is 11.8 Å². The molecule has 3 N–H and O–H groups in total. The predicted octanol–water partition coefficient (Wildman–Crippen LogP) is 4.56. The van der Waals surface area contributed by atoms with Gasteiger partial charge in [-0.05, 0) is 60.7 Å². The summed E-state index contributed by atoms with van der Waals surface area (Å²) in [4.78, 5) is 25.4. The van der Waals surface area contributed by atoms with Gasteiger partial charge in [-0.1, -0.05) is 26.0 Å². The van der Waals surface area contributed by atoms with Crippen LogP contribution in [0.3, 0.4) is 0 Å². The van der Waals surface area contributed by atoms with Crippen molar-refractivity contribution in [3.05, 3.63) is 52.4 Å². The van der Waals surface area contributed by atoms with Crippen LogP contribution in [0, 0.1) is 0 Å². The highest BCUT2D eigenvalue weighted by molar-refractivity contribution is 7.14. The molecule has 2 fully saturated rings. The fourth-order valence-electron chi connectivity index (χ4n) is 4.22. The summed E-state index contributed by atoms with van der Waals surface area (Å²) in [7, 11) is 0. The summed E-state index contributed by atoms with van der Waals surface area (Å²) >= 11 is 1.38. The van der Waals surface area contributed by atoms with Crippen molar-refractivity contribution in [2.75, 3.05) is 5.32 Å². The molecule has 1 aromatic heterocycles. The highest BCUT2D eigenvalue weighted by Gasteiger charge is 2.34. The molecular weight excluding hydrogens is 406 g/mol. The van der Waals surface area contributed by atoms with E-state index in [1.807, 2.05) is 29.6 Å². The zero-order valence-corrected chi connectivity index (χ0v) is 18.4.